The minimum Gasteiger partial charge on any atom is -0.453 e. The van der Waals surface area contributed by atoms with Gasteiger partial charge < -0.3 is 34.6 Å². The normalized spacial score (nSPS) is 17.4. The first-order valence-corrected chi connectivity index (χ1v) is 22.3. The van der Waals surface area contributed by atoms with Gasteiger partial charge in [0.25, 0.3) is 11.8 Å². The van der Waals surface area contributed by atoms with Crippen LogP contribution in [0.15, 0.2) is 85.2 Å². The molecule has 2 aliphatic heterocycles. The molecule has 2 saturated heterocycles. The lowest BCUT2D eigenvalue weighted by Gasteiger charge is -2.28. The SMILES string of the molecule is COC(=O)NC(C(=O)N1CCCC1c1ncc(-c2cc3c(C)c4sc(-c5cnc(C6CCCN6C(=O)C([NH2+]C(=O)OC)c6ccccc6)[nH]5)cc4c(C)c3s2)[nH]1)c1ccccc1. The molecule has 4 aromatic heterocycles. The van der Waals surface area contributed by atoms with Crippen LogP contribution in [-0.2, 0) is 19.1 Å². The monoisotopic (exact) mass is 871 g/mol. The first-order valence-electron chi connectivity index (χ1n) is 20.7. The van der Waals surface area contributed by atoms with Crippen LogP contribution in [0, 0.1) is 13.8 Å². The van der Waals surface area contributed by atoms with Crippen LogP contribution >= 0.6 is 22.7 Å². The molecule has 0 radical (unpaired) electrons. The maximum Gasteiger partial charge on any atom is 0.513 e. The fourth-order valence-electron chi connectivity index (χ4n) is 8.93. The number of imidazole rings is 2. The Morgan fingerprint density at radius 2 is 1.23 bits per heavy atom. The number of aryl methyl sites for hydroxylation is 2. The van der Waals surface area contributed by atoms with E-state index in [0.29, 0.717) is 24.5 Å². The maximum atomic E-state index is 14.1. The molecule has 14 nitrogen and oxygen atoms in total. The highest BCUT2D eigenvalue weighted by molar-refractivity contribution is 7.24. The molecule has 3 aromatic carbocycles. The van der Waals surface area contributed by atoms with Crippen molar-refractivity contribution in [3.05, 3.63) is 119 Å². The van der Waals surface area contributed by atoms with Gasteiger partial charge in [-0.15, -0.1) is 22.7 Å². The van der Waals surface area contributed by atoms with E-state index in [1.54, 1.807) is 27.6 Å². The number of H-pyrrole nitrogens is 2. The Morgan fingerprint density at radius 1 is 0.726 bits per heavy atom. The zero-order valence-electron chi connectivity index (χ0n) is 34.8. The van der Waals surface area contributed by atoms with Crippen LogP contribution in [0.2, 0.25) is 0 Å². The predicted molar refractivity (Wildman–Crippen MR) is 237 cm³/mol. The molecule has 4 amide bonds. The van der Waals surface area contributed by atoms with Crippen LogP contribution in [0.1, 0.15) is 83.8 Å². The third kappa shape index (κ3) is 7.62. The van der Waals surface area contributed by atoms with Gasteiger partial charge in [0.1, 0.15) is 17.7 Å². The first kappa shape index (κ1) is 41.0. The number of likely N-dealkylation sites (tertiary alicyclic amines) is 2. The number of nitrogens with one attached hydrogen (secondary N) is 3. The van der Waals surface area contributed by atoms with Crippen LogP contribution in [0.4, 0.5) is 9.59 Å². The summed E-state index contributed by atoms with van der Waals surface area (Å²) in [6, 6.07) is 20.8. The maximum absolute atomic E-state index is 14.1. The van der Waals surface area contributed by atoms with Gasteiger partial charge in [-0.1, -0.05) is 60.7 Å². The second kappa shape index (κ2) is 17.2. The third-order valence-corrected chi connectivity index (χ3v) is 14.7. The minimum absolute atomic E-state index is 0.154. The van der Waals surface area contributed by atoms with E-state index in [-0.39, 0.29) is 23.9 Å². The number of thiophene rings is 2. The Kier molecular flexibility index (Phi) is 11.4. The van der Waals surface area contributed by atoms with Gasteiger partial charge in [-0.05, 0) is 79.1 Å². The number of benzene rings is 3. The van der Waals surface area contributed by atoms with E-state index in [9.17, 15) is 19.2 Å². The number of carbonyl (C=O) groups is 4. The average molecular weight is 872 g/mol. The van der Waals surface area contributed by atoms with Crippen molar-refractivity contribution in [2.75, 3.05) is 27.3 Å². The molecule has 6 heterocycles. The number of hydrogen-bond acceptors (Lipinski definition) is 10. The van der Waals surface area contributed by atoms with E-state index in [1.807, 2.05) is 78.0 Å². The van der Waals surface area contributed by atoms with Crippen LogP contribution in [0.5, 0.6) is 0 Å². The number of hydrogen-bond donors (Lipinski definition) is 4. The standard InChI is InChI=1S/C46H46N8O6S2/c1-25-29-21-35(31-23-47-41(49-31)33-17-11-19-53(33)43(55)37(51-45(57)59-3)27-13-7-5-8-14-27)62-40(29)26(2)30-22-36(61-39(25)30)32-24-48-42(50-32)34-18-12-20-54(34)44(56)38(52-46(58)60-4)28-15-9-6-10-16-28/h5-10,13-16,21-24,33-34,37-38H,11-12,17-20H2,1-4H3,(H,47,49)(H,48,50)(H,51,57)(H,52,58)/p+1. The smallest absolute Gasteiger partial charge is 0.453 e. The third-order valence-electron chi connectivity index (χ3n) is 12.1. The van der Waals surface area contributed by atoms with Crippen molar-refractivity contribution in [1.82, 2.24) is 35.1 Å². The molecule has 4 atom stereocenters. The van der Waals surface area contributed by atoms with Crippen molar-refractivity contribution in [1.29, 1.82) is 0 Å². The van der Waals surface area contributed by atoms with Gasteiger partial charge in [0.2, 0.25) is 6.04 Å². The fraction of sp³-hybridized carbons (Fsp3) is 0.304. The average Bonchev–Trinajstić information content (AvgIpc) is 4.15. The molecule has 4 unspecified atom stereocenters. The Bertz CT molecular complexity index is 2550. The highest BCUT2D eigenvalue weighted by Crippen LogP contribution is 2.46. The number of ether oxygens (including phenoxy) is 2. The van der Waals surface area contributed by atoms with Crippen molar-refractivity contribution in [3.63, 3.8) is 0 Å². The van der Waals surface area contributed by atoms with E-state index in [1.165, 1.54) is 50.8 Å². The molecule has 2 aliphatic rings. The highest BCUT2D eigenvalue weighted by Gasteiger charge is 2.40. The lowest BCUT2D eigenvalue weighted by atomic mass is 10.0. The number of nitrogens with two attached hydrogens (primary N) is 1. The van der Waals surface area contributed by atoms with Crippen LogP contribution < -0.4 is 10.6 Å². The number of methoxy groups -OCH3 is 2. The number of carbonyl (C=O) groups excluding carboxylic acids is 4. The largest absolute Gasteiger partial charge is 0.513 e. The zero-order valence-corrected chi connectivity index (χ0v) is 36.4. The Morgan fingerprint density at radius 3 is 1.73 bits per heavy atom. The molecule has 2 fully saturated rings. The second-order valence-corrected chi connectivity index (χ2v) is 17.9. The van der Waals surface area contributed by atoms with Gasteiger partial charge in [-0.25, -0.2) is 20.1 Å². The van der Waals surface area contributed by atoms with Crippen LogP contribution in [-0.4, -0.2) is 81.0 Å². The molecule has 0 saturated carbocycles. The van der Waals surface area contributed by atoms with Crippen molar-refractivity contribution in [3.8, 4) is 21.1 Å². The summed E-state index contributed by atoms with van der Waals surface area (Å²) < 4.78 is 12.2. The second-order valence-electron chi connectivity index (χ2n) is 15.8. The number of aromatic amines is 2. The van der Waals surface area contributed by atoms with E-state index in [4.69, 9.17) is 19.4 Å². The topological polar surface area (TPSA) is 179 Å². The van der Waals surface area contributed by atoms with Gasteiger partial charge in [0, 0.05) is 28.1 Å². The summed E-state index contributed by atoms with van der Waals surface area (Å²) in [6.07, 6.45) is 5.65. The summed E-state index contributed by atoms with van der Waals surface area (Å²) in [7, 11) is 2.60. The van der Waals surface area contributed by atoms with Crippen molar-refractivity contribution >= 4 is 66.8 Å². The van der Waals surface area contributed by atoms with E-state index >= 15 is 0 Å². The molecule has 5 N–H and O–H groups in total. The molecule has 9 rings (SSSR count). The van der Waals surface area contributed by atoms with Gasteiger partial charge in [0.15, 0.2) is 0 Å². The van der Waals surface area contributed by atoms with Crippen molar-refractivity contribution < 1.29 is 34.0 Å². The predicted octanol–water partition coefficient (Wildman–Crippen LogP) is 8.01. The summed E-state index contributed by atoms with van der Waals surface area (Å²) in [5.74, 6) is 1.08. The Balaban J connectivity index is 0.953. The quantitative estimate of drug-likeness (QED) is 0.107. The molecule has 62 heavy (non-hydrogen) atoms. The number of primary amides is 1. The fourth-order valence-corrected chi connectivity index (χ4v) is 11.3. The van der Waals surface area contributed by atoms with E-state index in [0.717, 1.165) is 58.2 Å². The number of quaternary nitrogens is 1. The molecule has 318 valence electrons. The number of fused-ring (bicyclic) bond motifs is 2. The van der Waals surface area contributed by atoms with Crippen LogP contribution in [0.3, 0.4) is 0 Å². The minimum atomic E-state index is -0.886. The van der Waals surface area contributed by atoms with Gasteiger partial charge in [-0.2, -0.15) is 4.79 Å². The number of rotatable bonds is 10. The molecule has 0 aliphatic carbocycles. The van der Waals surface area contributed by atoms with Gasteiger partial charge in [0.05, 0.1) is 59.8 Å². The summed E-state index contributed by atoms with van der Waals surface area (Å²) in [5, 5.41) is 6.45. The molecule has 0 spiro atoms. The molecule has 0 bridgehead atoms. The molecule has 16 heteroatoms. The molecular weight excluding hydrogens is 825 g/mol. The number of amides is 4. The van der Waals surface area contributed by atoms with E-state index in [2.05, 4.69) is 41.3 Å². The van der Waals surface area contributed by atoms with Gasteiger partial charge >= 0.3 is 12.2 Å². The summed E-state index contributed by atoms with van der Waals surface area (Å²) in [4.78, 5) is 75.2. The van der Waals surface area contributed by atoms with Gasteiger partial charge in [-0.3, -0.25) is 9.59 Å². The lowest BCUT2D eigenvalue weighted by Crippen LogP contribution is -2.91. The summed E-state index contributed by atoms with van der Waals surface area (Å²) in [5.41, 5.74) is 5.58. The Labute approximate surface area is 365 Å². The zero-order chi connectivity index (χ0) is 43.1. The van der Waals surface area contributed by atoms with Crippen molar-refractivity contribution in [2.45, 2.75) is 63.7 Å². The summed E-state index contributed by atoms with van der Waals surface area (Å²) in [6.45, 7) is 5.46. The first-order chi connectivity index (χ1) is 30.1. The van der Waals surface area contributed by atoms with Crippen molar-refractivity contribution in [2.24, 2.45) is 0 Å². The van der Waals surface area contributed by atoms with Crippen LogP contribution in [0.25, 0.3) is 41.3 Å². The number of nitrogens with zero attached hydrogens (tertiary/aromatic N) is 4. The highest BCUT2D eigenvalue weighted by atomic mass is 32.1. The molecular formula is C46H47N8O6S2+. The Hall–Kier alpha value is -6.36. The number of alkyl carbamates (subject to hydrolysis) is 1. The van der Waals surface area contributed by atoms with E-state index < -0.39 is 24.3 Å². The summed E-state index contributed by atoms with van der Waals surface area (Å²) >= 11 is 3.44. The number of aromatic nitrogens is 4. The lowest BCUT2D eigenvalue weighted by molar-refractivity contribution is -0.601. The molecule has 7 aromatic rings.